The summed E-state index contributed by atoms with van der Waals surface area (Å²) >= 11 is 1.78. The minimum atomic E-state index is -0.410. The molecule has 0 saturated heterocycles. The van der Waals surface area contributed by atoms with Crippen molar-refractivity contribution in [2.75, 3.05) is 19.8 Å². The largest absolute Gasteiger partial charge is 0.358 e. The van der Waals surface area contributed by atoms with E-state index < -0.39 is 4.75 Å². The molecule has 4 heteroatoms. The summed E-state index contributed by atoms with van der Waals surface area (Å²) in [4.78, 5) is 12.3. The average molecular weight is 391 g/mol. The van der Waals surface area contributed by atoms with Crippen molar-refractivity contribution in [3.63, 3.8) is 0 Å². The molecule has 0 aliphatic rings. The van der Waals surface area contributed by atoms with Crippen molar-refractivity contribution >= 4 is 17.7 Å². The molecular formula is C24H26N2OS. The Hall–Kier alpha value is -2.56. The van der Waals surface area contributed by atoms with E-state index in [4.69, 9.17) is 0 Å². The van der Waals surface area contributed by atoms with Crippen LogP contribution < -0.4 is 10.6 Å². The summed E-state index contributed by atoms with van der Waals surface area (Å²) in [7, 11) is 3.51. The zero-order valence-corrected chi connectivity index (χ0v) is 17.1. The fourth-order valence-electron chi connectivity index (χ4n) is 3.44. The highest BCUT2D eigenvalue weighted by atomic mass is 32.2. The molecule has 0 heterocycles. The topological polar surface area (TPSA) is 41.1 Å². The summed E-state index contributed by atoms with van der Waals surface area (Å²) in [5.74, 6) is 0.632. The number of likely N-dealkylation sites (N-methyl/N-ethyl adjacent to an activating group) is 2. The lowest BCUT2D eigenvalue weighted by Crippen LogP contribution is -2.44. The summed E-state index contributed by atoms with van der Waals surface area (Å²) in [6.45, 7) is 0. The molecule has 0 saturated carbocycles. The van der Waals surface area contributed by atoms with Gasteiger partial charge in [0.1, 0.15) is 0 Å². The number of hydrogen-bond acceptors (Lipinski definition) is 3. The highest BCUT2D eigenvalue weighted by Crippen LogP contribution is 2.48. The molecule has 144 valence electrons. The van der Waals surface area contributed by atoms with Crippen molar-refractivity contribution in [3.8, 4) is 0 Å². The lowest BCUT2D eigenvalue weighted by Gasteiger charge is -2.36. The van der Waals surface area contributed by atoms with Gasteiger partial charge in [0.15, 0.2) is 0 Å². The molecule has 0 aromatic heterocycles. The molecule has 1 atom stereocenters. The van der Waals surface area contributed by atoms with Gasteiger partial charge in [-0.05, 0) is 23.7 Å². The fraction of sp³-hybridized carbons (Fsp3) is 0.208. The van der Waals surface area contributed by atoms with Gasteiger partial charge in [0.05, 0.1) is 10.8 Å². The molecule has 28 heavy (non-hydrogen) atoms. The van der Waals surface area contributed by atoms with Gasteiger partial charge in [-0.1, -0.05) is 91.0 Å². The van der Waals surface area contributed by atoms with Gasteiger partial charge < -0.3 is 10.6 Å². The smallest absolute Gasteiger partial charge is 0.237 e. The molecule has 0 aliphatic heterocycles. The quantitative estimate of drug-likeness (QED) is 0.570. The van der Waals surface area contributed by atoms with Gasteiger partial charge in [0.2, 0.25) is 5.91 Å². The van der Waals surface area contributed by atoms with E-state index in [9.17, 15) is 4.79 Å². The first-order valence-electron chi connectivity index (χ1n) is 9.41. The zero-order valence-electron chi connectivity index (χ0n) is 16.3. The number of carbonyl (C=O) groups excluding carboxylic acids is 1. The second kappa shape index (κ2) is 9.58. The number of thioether (sulfide) groups is 1. The van der Waals surface area contributed by atoms with Gasteiger partial charge >= 0.3 is 0 Å². The van der Waals surface area contributed by atoms with Crippen LogP contribution in [0.25, 0.3) is 0 Å². The van der Waals surface area contributed by atoms with Crippen molar-refractivity contribution < 1.29 is 4.79 Å². The Morgan fingerprint density at radius 2 is 1.18 bits per heavy atom. The van der Waals surface area contributed by atoms with Crippen LogP contribution >= 0.6 is 11.8 Å². The fourth-order valence-corrected chi connectivity index (χ4v) is 5.08. The molecule has 0 aliphatic carbocycles. The normalized spacial score (nSPS) is 12.4. The van der Waals surface area contributed by atoms with Crippen LogP contribution in [-0.4, -0.2) is 31.8 Å². The third-order valence-electron chi connectivity index (χ3n) is 4.92. The predicted molar refractivity (Wildman–Crippen MR) is 119 cm³/mol. The molecule has 1 amide bonds. The zero-order chi connectivity index (χ0) is 19.8. The second-order valence-corrected chi connectivity index (χ2v) is 7.78. The first-order valence-corrected chi connectivity index (χ1v) is 10.4. The maximum atomic E-state index is 12.3. The minimum absolute atomic E-state index is 0.00177. The first-order chi connectivity index (χ1) is 13.7. The summed E-state index contributed by atoms with van der Waals surface area (Å²) in [5.41, 5.74) is 3.59. The molecule has 0 bridgehead atoms. The molecule has 3 nitrogen and oxygen atoms in total. The molecule has 2 N–H and O–H groups in total. The monoisotopic (exact) mass is 390 g/mol. The molecule has 3 aromatic rings. The number of amides is 1. The Kier molecular flexibility index (Phi) is 6.90. The van der Waals surface area contributed by atoms with E-state index in [1.807, 2.05) is 25.2 Å². The molecular weight excluding hydrogens is 364 g/mol. The Labute approximate surface area is 171 Å². The van der Waals surface area contributed by atoms with Gasteiger partial charge in [0.25, 0.3) is 0 Å². The average Bonchev–Trinajstić information content (AvgIpc) is 2.78. The predicted octanol–water partition coefficient (Wildman–Crippen LogP) is 4.05. The van der Waals surface area contributed by atoms with Gasteiger partial charge in [0, 0.05) is 12.8 Å². The Balaban J connectivity index is 2.15. The van der Waals surface area contributed by atoms with E-state index in [1.54, 1.807) is 18.8 Å². The molecule has 0 fully saturated rings. The van der Waals surface area contributed by atoms with Crippen molar-refractivity contribution in [3.05, 3.63) is 108 Å². The van der Waals surface area contributed by atoms with Crippen LogP contribution in [0, 0.1) is 0 Å². The number of rotatable bonds is 8. The first kappa shape index (κ1) is 20.2. The Morgan fingerprint density at radius 3 is 1.50 bits per heavy atom. The number of hydrogen-bond donors (Lipinski definition) is 2. The summed E-state index contributed by atoms with van der Waals surface area (Å²) in [5, 5.41) is 5.90. The van der Waals surface area contributed by atoms with Crippen molar-refractivity contribution in [2.24, 2.45) is 0 Å². The van der Waals surface area contributed by atoms with E-state index in [0.29, 0.717) is 5.75 Å². The van der Waals surface area contributed by atoms with Gasteiger partial charge in [-0.15, -0.1) is 11.8 Å². The van der Waals surface area contributed by atoms with Crippen LogP contribution in [0.2, 0.25) is 0 Å². The Bertz CT molecular complexity index is 772. The van der Waals surface area contributed by atoms with Gasteiger partial charge in [-0.2, -0.15) is 0 Å². The van der Waals surface area contributed by atoms with Crippen molar-refractivity contribution in [1.29, 1.82) is 0 Å². The van der Waals surface area contributed by atoms with Crippen molar-refractivity contribution in [2.45, 2.75) is 10.8 Å². The highest BCUT2D eigenvalue weighted by molar-refractivity contribution is 8.00. The van der Waals surface area contributed by atoms with Crippen LogP contribution in [0.5, 0.6) is 0 Å². The molecule has 1 unspecified atom stereocenters. The summed E-state index contributed by atoms with van der Waals surface area (Å²) < 4.78 is -0.410. The van der Waals surface area contributed by atoms with E-state index in [1.165, 1.54) is 16.7 Å². The lowest BCUT2D eigenvalue weighted by molar-refractivity contribution is -0.122. The van der Waals surface area contributed by atoms with Gasteiger partial charge in [-0.25, -0.2) is 0 Å². The third kappa shape index (κ3) is 4.13. The lowest BCUT2D eigenvalue weighted by atomic mass is 9.84. The number of carbonyl (C=O) groups is 1. The van der Waals surface area contributed by atoms with Crippen LogP contribution in [0.15, 0.2) is 91.0 Å². The molecule has 0 spiro atoms. The van der Waals surface area contributed by atoms with E-state index in [2.05, 4.69) is 83.4 Å². The van der Waals surface area contributed by atoms with Crippen LogP contribution in [0.4, 0.5) is 0 Å². The third-order valence-corrected chi connectivity index (χ3v) is 6.56. The van der Waals surface area contributed by atoms with Crippen LogP contribution in [-0.2, 0) is 9.54 Å². The second-order valence-electron chi connectivity index (χ2n) is 6.55. The number of benzene rings is 3. The molecule has 0 radical (unpaired) electrons. The van der Waals surface area contributed by atoms with Crippen molar-refractivity contribution in [1.82, 2.24) is 10.6 Å². The maximum absolute atomic E-state index is 12.3. The standard InChI is InChI=1S/C24H26N2OS/c1-25-22(23(27)26-2)18-28-24(19-12-6-3-7-13-19,20-14-8-4-9-15-20)21-16-10-5-11-17-21/h3-17,22,25H,18H2,1-2H3,(H,26,27). The summed E-state index contributed by atoms with van der Waals surface area (Å²) in [6, 6.07) is 31.3. The highest BCUT2D eigenvalue weighted by Gasteiger charge is 2.37. The van der Waals surface area contributed by atoms with E-state index in [0.717, 1.165) is 0 Å². The number of nitrogens with one attached hydrogen (secondary N) is 2. The molecule has 3 aromatic carbocycles. The van der Waals surface area contributed by atoms with Crippen LogP contribution in [0.3, 0.4) is 0 Å². The van der Waals surface area contributed by atoms with Gasteiger partial charge in [-0.3, -0.25) is 4.79 Å². The molecule has 3 rings (SSSR count). The minimum Gasteiger partial charge on any atom is -0.358 e. The Morgan fingerprint density at radius 1 is 0.786 bits per heavy atom. The van der Waals surface area contributed by atoms with Crippen LogP contribution in [0.1, 0.15) is 16.7 Å². The van der Waals surface area contributed by atoms with E-state index >= 15 is 0 Å². The maximum Gasteiger partial charge on any atom is 0.237 e. The van der Waals surface area contributed by atoms with E-state index in [-0.39, 0.29) is 11.9 Å². The summed E-state index contributed by atoms with van der Waals surface area (Å²) in [6.07, 6.45) is 0. The SMILES string of the molecule is CNC(=O)C(CSC(c1ccccc1)(c1ccccc1)c1ccccc1)NC.